The number of hydrogen-bond acceptors (Lipinski definition) is 3. The number of halogens is 1. The summed E-state index contributed by atoms with van der Waals surface area (Å²) in [4.78, 5) is 12.6. The molecule has 0 bridgehead atoms. The molecule has 0 amide bonds. The second kappa shape index (κ2) is 3.90. The van der Waals surface area contributed by atoms with E-state index in [0.29, 0.717) is 0 Å². The Hall–Kier alpha value is -0.190. The van der Waals surface area contributed by atoms with E-state index in [1.807, 2.05) is 26.0 Å². The molecular weight excluding hydrogens is 250 g/mol. The molecule has 0 aromatic carbocycles. The van der Waals surface area contributed by atoms with Crippen LogP contribution in [-0.2, 0) is 0 Å². The van der Waals surface area contributed by atoms with Gasteiger partial charge in [-0.3, -0.25) is 4.79 Å². The number of ketones is 1. The lowest BCUT2D eigenvalue weighted by atomic mass is 9.98. The summed E-state index contributed by atoms with van der Waals surface area (Å²) in [6.07, 6.45) is 0. The van der Waals surface area contributed by atoms with Crippen molar-refractivity contribution >= 4 is 33.0 Å². The number of thiophene rings is 1. The fraction of sp³-hybridized carbons (Fsp3) is 0.444. The van der Waals surface area contributed by atoms with E-state index >= 15 is 0 Å². The lowest BCUT2D eigenvalue weighted by Gasteiger charge is -2.20. The number of hydrogen-bond donors (Lipinski definition) is 1. The third-order valence-electron chi connectivity index (χ3n) is 1.99. The summed E-state index contributed by atoms with van der Waals surface area (Å²) in [5.41, 5.74) is -0.482. The highest BCUT2D eigenvalue weighted by atomic mass is 79.9. The van der Waals surface area contributed by atoms with E-state index in [2.05, 4.69) is 21.2 Å². The maximum atomic E-state index is 11.8. The van der Waals surface area contributed by atoms with E-state index in [1.54, 1.807) is 7.05 Å². The molecular formula is C9H12BrNOS. The number of Topliss-reactive ketones (excluding diaryl/α,β-unsaturated/α-hetero) is 1. The Morgan fingerprint density at radius 3 is 2.54 bits per heavy atom. The van der Waals surface area contributed by atoms with Crippen LogP contribution in [0.25, 0.3) is 0 Å². The summed E-state index contributed by atoms with van der Waals surface area (Å²) in [7, 11) is 1.79. The molecule has 0 saturated heterocycles. The zero-order valence-corrected chi connectivity index (χ0v) is 10.3. The van der Waals surface area contributed by atoms with Gasteiger partial charge in [0.2, 0.25) is 0 Å². The zero-order chi connectivity index (χ0) is 10.1. The van der Waals surface area contributed by atoms with Crippen molar-refractivity contribution in [3.8, 4) is 0 Å². The molecule has 0 aliphatic rings. The third kappa shape index (κ3) is 2.39. The molecule has 0 saturated carbocycles. The highest BCUT2D eigenvalue weighted by Crippen LogP contribution is 2.25. The summed E-state index contributed by atoms with van der Waals surface area (Å²) >= 11 is 4.80. The second-order valence-corrected chi connectivity index (χ2v) is 5.77. The van der Waals surface area contributed by atoms with E-state index < -0.39 is 5.54 Å². The van der Waals surface area contributed by atoms with Gasteiger partial charge in [0, 0.05) is 0 Å². The van der Waals surface area contributed by atoms with Gasteiger partial charge in [-0.1, -0.05) is 0 Å². The van der Waals surface area contributed by atoms with E-state index in [4.69, 9.17) is 0 Å². The van der Waals surface area contributed by atoms with Crippen molar-refractivity contribution in [2.75, 3.05) is 7.05 Å². The standard InChI is InChI=1S/C9H12BrNOS/c1-9(2,11-3)8(12)6-4-5-7(10)13-6/h4-5,11H,1-3H3. The van der Waals surface area contributed by atoms with Crippen LogP contribution in [0.4, 0.5) is 0 Å². The molecule has 72 valence electrons. The monoisotopic (exact) mass is 261 g/mol. The van der Waals surface area contributed by atoms with Crippen molar-refractivity contribution in [2.24, 2.45) is 0 Å². The van der Waals surface area contributed by atoms with Gasteiger partial charge in [-0.2, -0.15) is 0 Å². The van der Waals surface area contributed by atoms with Gasteiger partial charge < -0.3 is 5.32 Å². The SMILES string of the molecule is CNC(C)(C)C(=O)c1ccc(Br)s1. The van der Waals surface area contributed by atoms with Crippen LogP contribution in [0.15, 0.2) is 15.9 Å². The number of likely N-dealkylation sites (N-methyl/N-ethyl adjacent to an activating group) is 1. The maximum absolute atomic E-state index is 11.8. The normalized spacial score (nSPS) is 11.7. The van der Waals surface area contributed by atoms with Crippen LogP contribution in [0, 0.1) is 0 Å². The minimum absolute atomic E-state index is 0.130. The predicted molar refractivity (Wildman–Crippen MR) is 59.5 cm³/mol. The Kier molecular flexibility index (Phi) is 3.27. The van der Waals surface area contributed by atoms with Crippen molar-refractivity contribution in [3.05, 3.63) is 20.8 Å². The molecule has 0 atom stereocenters. The van der Waals surface area contributed by atoms with E-state index in [0.717, 1.165) is 8.66 Å². The second-order valence-electron chi connectivity index (χ2n) is 3.31. The van der Waals surface area contributed by atoms with E-state index in [9.17, 15) is 4.79 Å². The first-order valence-electron chi connectivity index (χ1n) is 3.96. The fourth-order valence-electron chi connectivity index (χ4n) is 0.858. The molecule has 4 heteroatoms. The lowest BCUT2D eigenvalue weighted by molar-refractivity contribution is 0.0894. The van der Waals surface area contributed by atoms with Crippen LogP contribution in [0.5, 0.6) is 0 Å². The van der Waals surface area contributed by atoms with Gasteiger partial charge >= 0.3 is 0 Å². The molecule has 0 unspecified atom stereocenters. The summed E-state index contributed by atoms with van der Waals surface area (Å²) in [5.74, 6) is 0.130. The van der Waals surface area contributed by atoms with Crippen molar-refractivity contribution < 1.29 is 4.79 Å². The van der Waals surface area contributed by atoms with Crippen LogP contribution >= 0.6 is 27.3 Å². The summed E-state index contributed by atoms with van der Waals surface area (Å²) in [6.45, 7) is 3.76. The zero-order valence-electron chi connectivity index (χ0n) is 7.85. The van der Waals surface area contributed by atoms with Crippen molar-refractivity contribution in [3.63, 3.8) is 0 Å². The smallest absolute Gasteiger partial charge is 0.192 e. The van der Waals surface area contributed by atoms with Gasteiger partial charge in [-0.05, 0) is 49.0 Å². The highest BCUT2D eigenvalue weighted by molar-refractivity contribution is 9.11. The topological polar surface area (TPSA) is 29.1 Å². The lowest BCUT2D eigenvalue weighted by Crippen LogP contribution is -2.44. The van der Waals surface area contributed by atoms with Gasteiger partial charge in [-0.25, -0.2) is 0 Å². The molecule has 1 rings (SSSR count). The Labute approximate surface area is 90.5 Å². The summed E-state index contributed by atoms with van der Waals surface area (Å²) in [5, 5.41) is 2.99. The molecule has 1 heterocycles. The molecule has 1 aromatic heterocycles. The van der Waals surface area contributed by atoms with Crippen molar-refractivity contribution in [1.29, 1.82) is 0 Å². The average molecular weight is 262 g/mol. The molecule has 13 heavy (non-hydrogen) atoms. The number of nitrogens with one attached hydrogen (secondary N) is 1. The first kappa shape index (κ1) is 10.9. The van der Waals surface area contributed by atoms with Crippen LogP contribution in [-0.4, -0.2) is 18.4 Å². The third-order valence-corrected chi connectivity index (χ3v) is 3.61. The molecule has 1 N–H and O–H groups in total. The summed E-state index contributed by atoms with van der Waals surface area (Å²) in [6, 6.07) is 3.74. The fourth-order valence-corrected chi connectivity index (χ4v) is 2.34. The van der Waals surface area contributed by atoms with Crippen molar-refractivity contribution in [1.82, 2.24) is 5.32 Å². The number of carbonyl (C=O) groups excluding carboxylic acids is 1. The van der Waals surface area contributed by atoms with Gasteiger partial charge in [0.25, 0.3) is 0 Å². The molecule has 0 radical (unpaired) electrons. The minimum Gasteiger partial charge on any atom is -0.308 e. The van der Waals surface area contributed by atoms with Crippen LogP contribution in [0.1, 0.15) is 23.5 Å². The summed E-state index contributed by atoms with van der Waals surface area (Å²) < 4.78 is 0.989. The van der Waals surface area contributed by atoms with Gasteiger partial charge in [0.05, 0.1) is 14.2 Å². The Morgan fingerprint density at radius 1 is 1.54 bits per heavy atom. The largest absolute Gasteiger partial charge is 0.308 e. The predicted octanol–water partition coefficient (Wildman–Crippen LogP) is 2.69. The van der Waals surface area contributed by atoms with E-state index in [1.165, 1.54) is 11.3 Å². The maximum Gasteiger partial charge on any atom is 0.192 e. The van der Waals surface area contributed by atoms with Gasteiger partial charge in [-0.15, -0.1) is 11.3 Å². The molecule has 1 aromatic rings. The Morgan fingerprint density at radius 2 is 2.15 bits per heavy atom. The van der Waals surface area contributed by atoms with Crippen molar-refractivity contribution in [2.45, 2.75) is 19.4 Å². The van der Waals surface area contributed by atoms with Gasteiger partial charge in [0.15, 0.2) is 5.78 Å². The van der Waals surface area contributed by atoms with Crippen LogP contribution in [0.3, 0.4) is 0 Å². The molecule has 0 fully saturated rings. The van der Waals surface area contributed by atoms with Crippen LogP contribution in [0.2, 0.25) is 0 Å². The average Bonchev–Trinajstić information content (AvgIpc) is 2.50. The Balaban J connectivity index is 2.91. The van der Waals surface area contributed by atoms with Gasteiger partial charge in [0.1, 0.15) is 0 Å². The highest BCUT2D eigenvalue weighted by Gasteiger charge is 2.27. The van der Waals surface area contributed by atoms with E-state index in [-0.39, 0.29) is 5.78 Å². The molecule has 0 spiro atoms. The first-order valence-corrected chi connectivity index (χ1v) is 5.57. The number of carbonyl (C=O) groups is 1. The minimum atomic E-state index is -0.482. The van der Waals surface area contributed by atoms with Crippen LogP contribution < -0.4 is 5.32 Å². The Bertz CT molecular complexity index is 319. The molecule has 0 aliphatic heterocycles. The number of rotatable bonds is 3. The molecule has 0 aliphatic carbocycles. The molecule has 2 nitrogen and oxygen atoms in total. The first-order chi connectivity index (χ1) is 5.97. The quantitative estimate of drug-likeness (QED) is 0.848.